The number of nitriles is 1. The number of nitro benzene ring substituents is 1. The van der Waals surface area contributed by atoms with Gasteiger partial charge >= 0.3 is 0 Å². The highest BCUT2D eigenvalue weighted by atomic mass is 16.6. The van der Waals surface area contributed by atoms with Crippen molar-refractivity contribution in [1.29, 1.82) is 5.26 Å². The minimum atomic E-state index is -0.501. The van der Waals surface area contributed by atoms with Gasteiger partial charge in [0.2, 0.25) is 0 Å². The molecule has 0 aromatic heterocycles. The topological polar surface area (TPSA) is 88.2 Å². The van der Waals surface area contributed by atoms with Gasteiger partial charge in [0.1, 0.15) is 6.07 Å². The minimum absolute atomic E-state index is 0.0668. The van der Waals surface area contributed by atoms with Crippen LogP contribution in [0.3, 0.4) is 0 Å². The molecular weight excluding hydrogens is 246 g/mol. The Morgan fingerprint density at radius 3 is 2.89 bits per heavy atom. The molecule has 0 saturated heterocycles. The van der Waals surface area contributed by atoms with Crippen LogP contribution >= 0.6 is 0 Å². The van der Waals surface area contributed by atoms with E-state index in [2.05, 4.69) is 5.32 Å². The number of nitro groups is 1. The highest BCUT2D eigenvalue weighted by Crippen LogP contribution is 2.29. The van der Waals surface area contributed by atoms with Crippen LogP contribution in [0.15, 0.2) is 18.2 Å². The van der Waals surface area contributed by atoms with Gasteiger partial charge in [-0.25, -0.2) is 0 Å². The van der Waals surface area contributed by atoms with Crippen molar-refractivity contribution in [3.63, 3.8) is 0 Å². The van der Waals surface area contributed by atoms with Gasteiger partial charge < -0.3 is 10.1 Å². The standard InChI is InChI=1S/C13H15N3O3/c1-2-19-12-6-10(7-12)15-13-4-3-11(16(17)18)5-9(13)8-14/h3-5,10,12,15H,2,6-7H2,1H3. The molecule has 0 radical (unpaired) electrons. The Kier molecular flexibility index (Phi) is 3.97. The maximum absolute atomic E-state index is 10.6. The van der Waals surface area contributed by atoms with Crippen LogP contribution in [0.2, 0.25) is 0 Å². The second-order valence-electron chi connectivity index (χ2n) is 4.49. The quantitative estimate of drug-likeness (QED) is 0.649. The van der Waals surface area contributed by atoms with Gasteiger partial charge in [-0.15, -0.1) is 0 Å². The van der Waals surface area contributed by atoms with Crippen LogP contribution in [-0.2, 0) is 4.74 Å². The van der Waals surface area contributed by atoms with E-state index in [1.165, 1.54) is 12.1 Å². The number of nitrogens with one attached hydrogen (secondary N) is 1. The maximum Gasteiger partial charge on any atom is 0.270 e. The zero-order valence-corrected chi connectivity index (χ0v) is 10.6. The predicted molar refractivity (Wildman–Crippen MR) is 69.9 cm³/mol. The molecule has 0 bridgehead atoms. The average molecular weight is 261 g/mol. The van der Waals surface area contributed by atoms with Crippen molar-refractivity contribution in [3.05, 3.63) is 33.9 Å². The summed E-state index contributed by atoms with van der Waals surface area (Å²) >= 11 is 0. The summed E-state index contributed by atoms with van der Waals surface area (Å²) < 4.78 is 5.46. The van der Waals surface area contributed by atoms with E-state index in [0.29, 0.717) is 17.9 Å². The average Bonchev–Trinajstić information content (AvgIpc) is 2.36. The van der Waals surface area contributed by atoms with Crippen molar-refractivity contribution in [1.82, 2.24) is 0 Å². The molecule has 100 valence electrons. The Balaban J connectivity index is 2.02. The first kappa shape index (κ1) is 13.3. The molecule has 1 N–H and O–H groups in total. The third-order valence-electron chi connectivity index (χ3n) is 3.19. The van der Waals surface area contributed by atoms with Gasteiger partial charge in [-0.2, -0.15) is 5.26 Å². The molecule has 1 aromatic rings. The Morgan fingerprint density at radius 1 is 1.58 bits per heavy atom. The van der Waals surface area contributed by atoms with E-state index in [9.17, 15) is 10.1 Å². The molecule has 2 rings (SSSR count). The summed E-state index contributed by atoms with van der Waals surface area (Å²) in [4.78, 5) is 10.1. The molecule has 0 atom stereocenters. The van der Waals surface area contributed by atoms with E-state index in [-0.39, 0.29) is 17.8 Å². The molecule has 0 unspecified atom stereocenters. The second kappa shape index (κ2) is 5.67. The lowest BCUT2D eigenvalue weighted by Crippen LogP contribution is -2.40. The number of hydrogen-bond donors (Lipinski definition) is 1. The summed E-state index contributed by atoms with van der Waals surface area (Å²) in [6, 6.07) is 6.54. The summed E-state index contributed by atoms with van der Waals surface area (Å²) in [5, 5.41) is 22.9. The van der Waals surface area contributed by atoms with Crippen LogP contribution in [-0.4, -0.2) is 23.7 Å². The Morgan fingerprint density at radius 2 is 2.32 bits per heavy atom. The van der Waals surface area contributed by atoms with Gasteiger partial charge in [-0.05, 0) is 25.8 Å². The third-order valence-corrected chi connectivity index (χ3v) is 3.19. The lowest BCUT2D eigenvalue weighted by atomic mass is 9.89. The van der Waals surface area contributed by atoms with E-state index in [1.807, 2.05) is 13.0 Å². The van der Waals surface area contributed by atoms with Crippen LogP contribution in [0.1, 0.15) is 25.3 Å². The van der Waals surface area contributed by atoms with Gasteiger partial charge in [0.25, 0.3) is 5.69 Å². The molecule has 6 heteroatoms. The SMILES string of the molecule is CCOC1CC(Nc2ccc([N+](=O)[O-])cc2C#N)C1. The fourth-order valence-corrected chi connectivity index (χ4v) is 2.14. The summed E-state index contributed by atoms with van der Waals surface area (Å²) in [5.41, 5.74) is 0.880. The Labute approximate surface area is 111 Å². The molecule has 0 heterocycles. The summed E-state index contributed by atoms with van der Waals surface area (Å²) in [7, 11) is 0. The van der Waals surface area contributed by atoms with Gasteiger partial charge in [-0.3, -0.25) is 10.1 Å². The first-order valence-electron chi connectivity index (χ1n) is 6.20. The minimum Gasteiger partial charge on any atom is -0.381 e. The lowest BCUT2D eigenvalue weighted by Gasteiger charge is -2.36. The molecule has 1 fully saturated rings. The maximum atomic E-state index is 10.6. The molecule has 0 amide bonds. The number of nitrogens with zero attached hydrogens (tertiary/aromatic N) is 2. The van der Waals surface area contributed by atoms with E-state index in [1.54, 1.807) is 6.07 Å². The molecule has 0 aliphatic heterocycles. The molecule has 0 spiro atoms. The number of hydrogen-bond acceptors (Lipinski definition) is 5. The number of rotatable bonds is 5. The molecule has 1 aliphatic rings. The highest BCUT2D eigenvalue weighted by Gasteiger charge is 2.29. The fraction of sp³-hybridized carbons (Fsp3) is 0.462. The Bertz CT molecular complexity index is 518. The summed E-state index contributed by atoms with van der Waals surface area (Å²) in [6.07, 6.45) is 2.08. The van der Waals surface area contributed by atoms with E-state index >= 15 is 0 Å². The van der Waals surface area contributed by atoms with Crippen molar-refractivity contribution in [2.75, 3.05) is 11.9 Å². The molecule has 1 aliphatic carbocycles. The molecule has 1 saturated carbocycles. The van der Waals surface area contributed by atoms with Crippen molar-refractivity contribution >= 4 is 11.4 Å². The predicted octanol–water partition coefficient (Wildman–Crippen LogP) is 2.45. The number of ether oxygens (including phenoxy) is 1. The van der Waals surface area contributed by atoms with E-state index < -0.39 is 4.92 Å². The Hall–Kier alpha value is -2.13. The van der Waals surface area contributed by atoms with E-state index in [0.717, 1.165) is 12.8 Å². The molecule has 1 aromatic carbocycles. The molecular formula is C13H15N3O3. The zero-order chi connectivity index (χ0) is 13.8. The first-order valence-corrected chi connectivity index (χ1v) is 6.20. The highest BCUT2D eigenvalue weighted by molar-refractivity contribution is 5.61. The van der Waals surface area contributed by atoms with Gasteiger partial charge in [0.05, 0.1) is 22.3 Å². The number of non-ortho nitro benzene ring substituents is 1. The second-order valence-corrected chi connectivity index (χ2v) is 4.49. The largest absolute Gasteiger partial charge is 0.381 e. The van der Waals surface area contributed by atoms with Gasteiger partial charge in [0.15, 0.2) is 0 Å². The number of benzene rings is 1. The van der Waals surface area contributed by atoms with Crippen molar-refractivity contribution in [2.24, 2.45) is 0 Å². The van der Waals surface area contributed by atoms with Gasteiger partial charge in [0, 0.05) is 24.8 Å². The molecule has 19 heavy (non-hydrogen) atoms. The molecule has 6 nitrogen and oxygen atoms in total. The first-order chi connectivity index (χ1) is 9.13. The van der Waals surface area contributed by atoms with Crippen LogP contribution in [0, 0.1) is 21.4 Å². The van der Waals surface area contributed by atoms with Crippen molar-refractivity contribution in [3.8, 4) is 6.07 Å². The van der Waals surface area contributed by atoms with Crippen LogP contribution in [0.4, 0.5) is 11.4 Å². The van der Waals surface area contributed by atoms with Crippen LogP contribution < -0.4 is 5.32 Å². The third kappa shape index (κ3) is 3.01. The normalized spacial score (nSPS) is 21.3. The smallest absolute Gasteiger partial charge is 0.270 e. The van der Waals surface area contributed by atoms with Crippen molar-refractivity contribution in [2.45, 2.75) is 31.9 Å². The fourth-order valence-electron chi connectivity index (χ4n) is 2.14. The van der Waals surface area contributed by atoms with Gasteiger partial charge in [-0.1, -0.05) is 0 Å². The van der Waals surface area contributed by atoms with Crippen LogP contribution in [0.5, 0.6) is 0 Å². The summed E-state index contributed by atoms with van der Waals surface area (Å²) in [5.74, 6) is 0. The van der Waals surface area contributed by atoms with E-state index in [4.69, 9.17) is 10.00 Å². The van der Waals surface area contributed by atoms with Crippen molar-refractivity contribution < 1.29 is 9.66 Å². The monoisotopic (exact) mass is 261 g/mol. The van der Waals surface area contributed by atoms with Crippen LogP contribution in [0.25, 0.3) is 0 Å². The lowest BCUT2D eigenvalue weighted by molar-refractivity contribution is -0.384. The number of anilines is 1. The zero-order valence-electron chi connectivity index (χ0n) is 10.6. The summed E-state index contributed by atoms with van der Waals surface area (Å²) in [6.45, 7) is 2.67.